The molecule has 272 valence electrons. The van der Waals surface area contributed by atoms with E-state index in [4.69, 9.17) is 4.52 Å². The Morgan fingerprint density at radius 3 is 2.32 bits per heavy atom. The van der Waals surface area contributed by atoms with E-state index in [1.807, 2.05) is 13.0 Å². The van der Waals surface area contributed by atoms with Gasteiger partial charge in [0.2, 0.25) is 5.91 Å². The van der Waals surface area contributed by atoms with Gasteiger partial charge in [0.15, 0.2) is 11.5 Å². The molecule has 6 nitrogen and oxygen atoms in total. The van der Waals surface area contributed by atoms with Crippen LogP contribution in [0.1, 0.15) is 118 Å². The summed E-state index contributed by atoms with van der Waals surface area (Å²) in [4.78, 5) is 28.6. The van der Waals surface area contributed by atoms with Crippen molar-refractivity contribution in [2.75, 3.05) is 0 Å². The van der Waals surface area contributed by atoms with Gasteiger partial charge in [0.1, 0.15) is 5.69 Å². The second-order valence-corrected chi connectivity index (χ2v) is 18.6. The average molecular weight is 695 g/mol. The second-order valence-electron chi connectivity index (χ2n) is 18.6. The molecule has 4 saturated carbocycles. The van der Waals surface area contributed by atoms with E-state index in [1.54, 1.807) is 6.07 Å². The van der Waals surface area contributed by atoms with Gasteiger partial charge in [-0.1, -0.05) is 71.3 Å². The zero-order valence-electron chi connectivity index (χ0n) is 30.6. The maximum absolute atomic E-state index is 14.6. The van der Waals surface area contributed by atoms with Gasteiger partial charge in [-0.2, -0.15) is 13.2 Å². The lowest BCUT2D eigenvalue weighted by atomic mass is 9.33. The third-order valence-electron chi connectivity index (χ3n) is 15.6. The van der Waals surface area contributed by atoms with Gasteiger partial charge in [-0.25, -0.2) is 0 Å². The number of fused-ring (bicyclic) bond motifs is 7. The fraction of sp³-hybridized carbons (Fsp3) is 0.683. The van der Waals surface area contributed by atoms with Gasteiger partial charge < -0.3 is 14.9 Å². The zero-order chi connectivity index (χ0) is 36.3. The number of halogens is 3. The van der Waals surface area contributed by atoms with E-state index in [0.717, 1.165) is 63.5 Å². The van der Waals surface area contributed by atoms with Crippen molar-refractivity contribution in [3.05, 3.63) is 53.3 Å². The Bertz CT molecular complexity index is 1730. The SMILES string of the molecule is CC1(C)C2CC[C@]3(C)[C@H](C(=O)C=C4[C@H]5C[C@@](C)(C(=O)NCc6cc(-c7ccc(C(F)(F)F)cc7)no6)CC[C@]5(C)CC[C@]43C)[C@@]2(C)CC[C@@H]1O. The summed E-state index contributed by atoms with van der Waals surface area (Å²) in [6.45, 7) is 16.0. The molecule has 9 heteroatoms. The minimum Gasteiger partial charge on any atom is -0.393 e. The van der Waals surface area contributed by atoms with Crippen LogP contribution in [-0.2, 0) is 22.3 Å². The first-order valence-corrected chi connectivity index (χ1v) is 18.5. The lowest BCUT2D eigenvalue weighted by Crippen LogP contribution is -2.66. The molecule has 4 fully saturated rings. The number of amides is 1. The molecule has 1 aromatic heterocycles. The molecule has 1 unspecified atom stereocenters. The summed E-state index contributed by atoms with van der Waals surface area (Å²) >= 11 is 0. The number of alkyl halides is 3. The number of ketones is 1. The highest BCUT2D eigenvalue weighted by Crippen LogP contribution is 2.75. The molecule has 5 aliphatic carbocycles. The van der Waals surface area contributed by atoms with Crippen molar-refractivity contribution in [2.24, 2.45) is 50.2 Å². The van der Waals surface area contributed by atoms with Crippen LogP contribution in [0.2, 0.25) is 0 Å². The third-order valence-corrected chi connectivity index (χ3v) is 15.6. The van der Waals surface area contributed by atoms with Crippen molar-refractivity contribution < 1.29 is 32.4 Å². The van der Waals surface area contributed by atoms with Gasteiger partial charge in [0, 0.05) is 23.0 Å². The summed E-state index contributed by atoms with van der Waals surface area (Å²) in [5.74, 6) is 0.900. The number of aliphatic hydroxyl groups is 1. The highest BCUT2D eigenvalue weighted by atomic mass is 19.4. The molecule has 2 N–H and O–H groups in total. The van der Waals surface area contributed by atoms with Gasteiger partial charge in [-0.05, 0) is 115 Å². The molecule has 0 aliphatic heterocycles. The molecular weight excluding hydrogens is 641 g/mol. The smallest absolute Gasteiger partial charge is 0.393 e. The first-order valence-electron chi connectivity index (χ1n) is 18.5. The van der Waals surface area contributed by atoms with Crippen LogP contribution in [-0.4, -0.2) is 28.1 Å². The van der Waals surface area contributed by atoms with E-state index in [0.29, 0.717) is 23.4 Å². The molecule has 50 heavy (non-hydrogen) atoms. The molecule has 2 aromatic rings. The lowest BCUT2D eigenvalue weighted by molar-refractivity contribution is -0.202. The van der Waals surface area contributed by atoms with Crippen LogP contribution >= 0.6 is 0 Å². The number of aromatic nitrogens is 1. The van der Waals surface area contributed by atoms with E-state index in [-0.39, 0.29) is 69.2 Å². The van der Waals surface area contributed by atoms with Crippen molar-refractivity contribution in [1.82, 2.24) is 10.5 Å². The van der Waals surface area contributed by atoms with Crippen LogP contribution in [0.15, 0.2) is 46.5 Å². The lowest BCUT2D eigenvalue weighted by Gasteiger charge is -2.70. The molecule has 1 heterocycles. The van der Waals surface area contributed by atoms with Crippen molar-refractivity contribution in [3.8, 4) is 11.3 Å². The topological polar surface area (TPSA) is 92.4 Å². The van der Waals surface area contributed by atoms with Crippen molar-refractivity contribution >= 4 is 11.7 Å². The van der Waals surface area contributed by atoms with E-state index in [9.17, 15) is 27.9 Å². The number of allylic oxidation sites excluding steroid dienone is 2. The van der Waals surface area contributed by atoms with Crippen LogP contribution < -0.4 is 5.32 Å². The maximum Gasteiger partial charge on any atom is 0.416 e. The number of hydrogen-bond acceptors (Lipinski definition) is 5. The van der Waals surface area contributed by atoms with Crippen LogP contribution in [0.25, 0.3) is 11.3 Å². The minimum atomic E-state index is -4.42. The Kier molecular flexibility index (Phi) is 8.00. The van der Waals surface area contributed by atoms with Crippen LogP contribution in [0.3, 0.4) is 0 Å². The number of carbonyl (C=O) groups is 2. The second kappa shape index (κ2) is 11.3. The Morgan fingerprint density at radius 2 is 1.64 bits per heavy atom. The molecule has 7 rings (SSSR count). The van der Waals surface area contributed by atoms with Crippen LogP contribution in [0, 0.1) is 50.2 Å². The summed E-state index contributed by atoms with van der Waals surface area (Å²) in [7, 11) is 0. The Hall–Kier alpha value is -2.94. The fourth-order valence-corrected chi connectivity index (χ4v) is 12.1. The molecule has 0 spiro atoms. The standard InChI is InChI=1S/C41H53F3N2O4/c1-35(2)31-12-15-40(7)33(38(31,5)14-13-32(35)48)30(47)21-27-28-22-37(4,17-16-36(28,3)18-19-39(27,40)6)34(49)45-23-26-20-29(46-50-26)24-8-10-25(11-9-24)41(42,43)44/h8-11,20-21,28,31-33,48H,12-19,22-23H2,1-7H3,(H,45,49)/t28-,31?,32+,33-,36-,37+,38+,39-,40-/m1/s1. The van der Waals surface area contributed by atoms with Crippen molar-refractivity contribution in [1.29, 1.82) is 0 Å². The van der Waals surface area contributed by atoms with Gasteiger partial charge in [0.25, 0.3) is 0 Å². The van der Waals surface area contributed by atoms with E-state index in [1.165, 1.54) is 17.7 Å². The summed E-state index contributed by atoms with van der Waals surface area (Å²) in [6, 6.07) is 6.40. The van der Waals surface area contributed by atoms with Gasteiger partial charge in [-0.15, -0.1) is 0 Å². The Balaban J connectivity index is 1.11. The molecule has 5 aliphatic rings. The number of carbonyl (C=O) groups excluding carboxylic acids is 2. The monoisotopic (exact) mass is 694 g/mol. The number of nitrogens with one attached hydrogen (secondary N) is 1. The Labute approximate surface area is 294 Å². The minimum absolute atomic E-state index is 0.00808. The fourth-order valence-electron chi connectivity index (χ4n) is 12.1. The van der Waals surface area contributed by atoms with E-state index < -0.39 is 17.2 Å². The van der Waals surface area contributed by atoms with Crippen LogP contribution in [0.4, 0.5) is 13.2 Å². The van der Waals surface area contributed by atoms with Gasteiger partial charge in [-0.3, -0.25) is 9.59 Å². The molecular formula is C41H53F3N2O4. The van der Waals surface area contributed by atoms with E-state index in [2.05, 4.69) is 52.0 Å². The molecule has 0 bridgehead atoms. The first-order chi connectivity index (χ1) is 23.2. The van der Waals surface area contributed by atoms with E-state index >= 15 is 0 Å². The third kappa shape index (κ3) is 5.09. The number of aliphatic hydroxyl groups excluding tert-OH is 1. The maximum atomic E-state index is 14.6. The molecule has 1 amide bonds. The van der Waals surface area contributed by atoms with Crippen LogP contribution in [0.5, 0.6) is 0 Å². The predicted octanol–water partition coefficient (Wildman–Crippen LogP) is 9.32. The molecule has 1 aromatic carbocycles. The number of benzene rings is 1. The highest BCUT2D eigenvalue weighted by molar-refractivity contribution is 5.95. The van der Waals surface area contributed by atoms with Crippen molar-refractivity contribution in [3.63, 3.8) is 0 Å². The normalized spacial score (nSPS) is 40.9. The molecule has 0 radical (unpaired) electrons. The van der Waals surface area contributed by atoms with Gasteiger partial charge in [0.05, 0.1) is 18.2 Å². The summed E-state index contributed by atoms with van der Waals surface area (Å²) in [6.07, 6.45) is 5.23. The summed E-state index contributed by atoms with van der Waals surface area (Å²) < 4.78 is 44.5. The predicted molar refractivity (Wildman–Crippen MR) is 184 cm³/mol. The number of hydrogen-bond donors (Lipinski definition) is 2. The number of rotatable bonds is 4. The number of nitrogens with zero attached hydrogens (tertiary/aromatic N) is 1. The van der Waals surface area contributed by atoms with Gasteiger partial charge >= 0.3 is 6.18 Å². The first kappa shape index (κ1) is 35.5. The summed E-state index contributed by atoms with van der Waals surface area (Å²) in [5.41, 5.74) is 0.0110. The highest BCUT2D eigenvalue weighted by Gasteiger charge is 2.70. The average Bonchev–Trinajstić information content (AvgIpc) is 3.52. The zero-order valence-corrected chi connectivity index (χ0v) is 30.6. The molecule has 9 atom stereocenters. The largest absolute Gasteiger partial charge is 0.416 e. The summed E-state index contributed by atoms with van der Waals surface area (Å²) in [5, 5.41) is 18.1. The van der Waals surface area contributed by atoms with Crippen molar-refractivity contribution in [2.45, 2.75) is 125 Å². The Morgan fingerprint density at radius 1 is 0.960 bits per heavy atom. The quantitative estimate of drug-likeness (QED) is 0.333. The molecule has 0 saturated heterocycles.